The number of carboxylic acid groups (broad SMARTS) is 1. The first-order chi connectivity index (χ1) is 59.4. The van der Waals surface area contributed by atoms with Crippen LogP contribution in [0.1, 0.15) is 94.6 Å². The lowest BCUT2D eigenvalue weighted by atomic mass is 9.90. The van der Waals surface area contributed by atoms with Gasteiger partial charge in [-0.2, -0.15) is 0 Å². The number of carbonyl (C=O) groups is 16. The van der Waals surface area contributed by atoms with Gasteiger partial charge in [-0.1, -0.05) is 87.4 Å². The second-order valence-corrected chi connectivity index (χ2v) is 31.6. The Hall–Kier alpha value is -9.12. The molecule has 43 heteroatoms. The van der Waals surface area contributed by atoms with E-state index in [1.165, 1.54) is 6.21 Å². The molecule has 0 radical (unpaired) electrons. The lowest BCUT2D eigenvalue weighted by Gasteiger charge is -2.26. The van der Waals surface area contributed by atoms with E-state index in [-0.39, 0.29) is 191 Å². The van der Waals surface area contributed by atoms with Crippen molar-refractivity contribution < 1.29 is 134 Å². The number of amides is 11. The number of benzene rings is 2. The number of carboxylic acids is 1. The fraction of sp³-hybridized carbons (Fsp3) is 0.637. The van der Waals surface area contributed by atoms with Crippen molar-refractivity contribution in [1.29, 1.82) is 0 Å². The molecule has 2 bridgehead atoms. The van der Waals surface area contributed by atoms with E-state index in [4.69, 9.17) is 63.7 Å². The van der Waals surface area contributed by atoms with Gasteiger partial charge in [0.15, 0.2) is 35.5 Å². The van der Waals surface area contributed by atoms with E-state index in [9.17, 15) is 81.8 Å². The summed E-state index contributed by atoms with van der Waals surface area (Å²) >= 11 is 0.939. The molecular formula is C80H120N12O28S3. The molecule has 2 saturated heterocycles. The minimum Gasteiger partial charge on any atom is -0.481 e. The van der Waals surface area contributed by atoms with E-state index < -0.39 is 170 Å². The lowest BCUT2D eigenvalue weighted by molar-refractivity contribution is -0.142. The smallest absolute Gasteiger partial charge is 0.312 e. The van der Waals surface area contributed by atoms with Gasteiger partial charge in [0, 0.05) is 101 Å². The van der Waals surface area contributed by atoms with Crippen molar-refractivity contribution in [2.75, 3.05) is 194 Å². The number of thioether (sulfide) groups is 1. The van der Waals surface area contributed by atoms with Gasteiger partial charge in [-0.05, 0) is 62.5 Å². The highest BCUT2D eigenvalue weighted by atomic mass is 33.1. The Labute approximate surface area is 726 Å². The number of hydrogen-bond donors (Lipinski definition) is 12. The zero-order valence-electron chi connectivity index (χ0n) is 69.3. The molecule has 11 amide bonds. The van der Waals surface area contributed by atoms with Gasteiger partial charge < -0.3 is 117 Å². The molecule has 2 aromatic rings. The first-order valence-electron chi connectivity index (χ1n) is 40.7. The van der Waals surface area contributed by atoms with Crippen LogP contribution < -0.4 is 59.3 Å². The van der Waals surface area contributed by atoms with Crippen LogP contribution in [0.4, 0.5) is 4.79 Å². The van der Waals surface area contributed by atoms with Crippen LogP contribution in [-0.4, -0.2) is 324 Å². The molecule has 0 spiro atoms. The number of aliphatic carboxylic acids is 1. The standard InChI is InChI=1S/C80H120N12O28S3/c81-70(98)48-118-47-61(93)17-10-24-110-28-32-114-33-29-111-25-11-19-67(95)64-52-121-55-74(102)89-63(18-7-8-20-83-71(99)49-119-50-72(100)84-22-26-112-30-34-115-36-38-117-39-37-116-35-31-113-27-23-85-73(101)51-120-88-45-57-14-5-2-6-15-57)79(108)92-66-54-123-122-53-65(69(97)43-59(77(106)90-64)40-56-12-3-1-4-13-56)91-78(107)60(44-75(103)104)41-62(94)46-87-76(105)58(42-68(66)96)16-9-21-86-80(82)109/h1-6,12-15,45,58-60,63-66H,7-11,16-44,46-55H2,(H2,81,98)(H,83,99)(H,84,100)(H,85,101)(H,87,105)(H,89,102)(H,90,106)(H,91,107)(H,92,108)(H,103,104)(H3,82,86,109)/b88-45+/t58-,59-,60+,63+,64+,65+,66+/m1/s1. The second-order valence-electron chi connectivity index (χ2n) is 28.0. The number of unbranched alkanes of at least 4 members (excludes halogenated alkanes) is 1. The topological polar surface area (TPSA) is 568 Å². The number of fused-ring (bicyclic) bond motifs is 5. The number of rotatable bonds is 58. The number of primary amides is 2. The number of Topliss-reactive ketones (excluding diaryl/α,β-unsaturated/α-hetero) is 5. The van der Waals surface area contributed by atoms with Crippen molar-refractivity contribution in [3.8, 4) is 0 Å². The number of oxime groups is 1. The van der Waals surface area contributed by atoms with Gasteiger partial charge in [-0.25, -0.2) is 4.79 Å². The Morgan fingerprint density at radius 2 is 0.976 bits per heavy atom. The Morgan fingerprint density at radius 1 is 0.472 bits per heavy atom. The monoisotopic (exact) mass is 1790 g/mol. The van der Waals surface area contributed by atoms with E-state index in [0.29, 0.717) is 64.8 Å². The van der Waals surface area contributed by atoms with Crippen molar-refractivity contribution in [2.45, 2.75) is 114 Å². The molecule has 123 heavy (non-hydrogen) atoms. The van der Waals surface area contributed by atoms with Crippen LogP contribution in [0.15, 0.2) is 65.8 Å². The maximum atomic E-state index is 14.9. The zero-order chi connectivity index (χ0) is 89.3. The number of nitrogens with two attached hydrogens (primary N) is 2. The molecule has 0 unspecified atom stereocenters. The SMILES string of the molecule is NC(=O)COCC(=O)CCCOCCOCCOCCCC(=O)[C@@H]1CSCC(=O)N[C@@H](CCCCNC(=O)COCC(=O)NCCOCCOCCOCCOCCOCCNC(=O)CO/N=C/c2ccccc2)C(=O)N[C@H]2CSSC[C@H](NC(=O)[C@H](CC(=O)O)CC(=O)CNC(=O)[C@H](CCCNC(N)=O)CC2=O)C(=O)C[C@@H](Cc2ccccc2)C(=O)N1. The van der Waals surface area contributed by atoms with Gasteiger partial charge in [-0.3, -0.25) is 71.9 Å². The van der Waals surface area contributed by atoms with Gasteiger partial charge in [0.25, 0.3) is 5.91 Å². The van der Waals surface area contributed by atoms with Crippen LogP contribution in [-0.2, 0) is 131 Å². The Kier molecular flexibility index (Phi) is 58.1. The lowest BCUT2D eigenvalue weighted by Crippen LogP contribution is -2.53. The molecule has 40 nitrogen and oxygen atoms in total. The van der Waals surface area contributed by atoms with Gasteiger partial charge in [0.05, 0.1) is 141 Å². The van der Waals surface area contributed by atoms with Gasteiger partial charge in [0.1, 0.15) is 32.5 Å². The number of nitrogens with zero attached hydrogens (tertiary/aromatic N) is 1. The number of urea groups is 1. The molecule has 7 atom stereocenters. The maximum Gasteiger partial charge on any atom is 0.312 e. The van der Waals surface area contributed by atoms with Crippen molar-refractivity contribution in [3.05, 3.63) is 71.8 Å². The van der Waals surface area contributed by atoms with Crippen LogP contribution in [0, 0.1) is 17.8 Å². The molecule has 2 aliphatic heterocycles. The van der Waals surface area contributed by atoms with Crippen LogP contribution >= 0.6 is 33.3 Å². The Balaban J connectivity index is 1.36. The first-order valence-corrected chi connectivity index (χ1v) is 44.4. The normalized spacial score (nSPS) is 18.8. The Morgan fingerprint density at radius 3 is 1.54 bits per heavy atom. The third kappa shape index (κ3) is 53.6. The van der Waals surface area contributed by atoms with Gasteiger partial charge in [0.2, 0.25) is 47.3 Å². The molecule has 2 heterocycles. The number of nitrogens with one attached hydrogen (secondary N) is 9. The van der Waals surface area contributed by atoms with Crippen LogP contribution in [0.2, 0.25) is 0 Å². The highest BCUT2D eigenvalue weighted by Crippen LogP contribution is 2.27. The predicted octanol–water partition coefficient (Wildman–Crippen LogP) is -1.00. The van der Waals surface area contributed by atoms with E-state index in [1.807, 2.05) is 30.3 Å². The quantitative estimate of drug-likeness (QED) is 0.0163. The summed E-state index contributed by atoms with van der Waals surface area (Å²) in [6.07, 6.45) is -0.176. The molecule has 0 aromatic heterocycles. The fourth-order valence-corrected chi connectivity index (χ4v) is 14.9. The molecule has 2 aromatic carbocycles. The highest BCUT2D eigenvalue weighted by Gasteiger charge is 2.36. The van der Waals surface area contributed by atoms with E-state index in [2.05, 4.69) is 53.0 Å². The van der Waals surface area contributed by atoms with Crippen LogP contribution in [0.3, 0.4) is 0 Å². The molecule has 0 aliphatic carbocycles. The van der Waals surface area contributed by atoms with E-state index in [1.54, 1.807) is 30.3 Å². The first kappa shape index (κ1) is 106. The highest BCUT2D eigenvalue weighted by molar-refractivity contribution is 8.76. The molecular weight excluding hydrogens is 1670 g/mol. The number of ether oxygens (including phenoxy) is 10. The summed E-state index contributed by atoms with van der Waals surface area (Å²) in [5.41, 5.74) is 11.8. The summed E-state index contributed by atoms with van der Waals surface area (Å²) in [6, 6.07) is 11.6. The predicted molar refractivity (Wildman–Crippen MR) is 450 cm³/mol. The summed E-state index contributed by atoms with van der Waals surface area (Å²) in [5, 5.41) is 37.5. The molecule has 2 aliphatic rings. The summed E-state index contributed by atoms with van der Waals surface area (Å²) in [7, 11) is 1.94. The fourth-order valence-electron chi connectivity index (χ4n) is 11.6. The van der Waals surface area contributed by atoms with Crippen molar-refractivity contribution in [1.82, 2.24) is 47.9 Å². The summed E-state index contributed by atoms with van der Waals surface area (Å²) < 4.78 is 54.5. The largest absolute Gasteiger partial charge is 0.481 e. The minimum atomic E-state index is -1.56. The number of hydrogen-bond acceptors (Lipinski definition) is 31. The molecule has 14 N–H and O–H groups in total. The minimum absolute atomic E-state index is 0.0207. The third-order valence-corrected chi connectivity index (χ3v) is 21.3. The van der Waals surface area contributed by atoms with Gasteiger partial charge >= 0.3 is 12.0 Å². The second kappa shape index (κ2) is 67.3. The molecule has 0 saturated carbocycles. The summed E-state index contributed by atoms with van der Waals surface area (Å²) in [6.45, 7) is 2.16. The van der Waals surface area contributed by atoms with Crippen molar-refractivity contribution in [3.63, 3.8) is 0 Å². The van der Waals surface area contributed by atoms with Crippen molar-refractivity contribution in [2.24, 2.45) is 34.4 Å². The Bertz CT molecular complexity index is 3580. The summed E-state index contributed by atoms with van der Waals surface area (Å²) in [5.74, 6) is -15.6. The summed E-state index contributed by atoms with van der Waals surface area (Å²) in [4.78, 5) is 218. The zero-order valence-corrected chi connectivity index (χ0v) is 71.8. The molecule has 686 valence electrons. The molecule has 2 fully saturated rings. The number of ketones is 5. The van der Waals surface area contributed by atoms with E-state index >= 15 is 0 Å². The van der Waals surface area contributed by atoms with Gasteiger partial charge in [-0.15, -0.1) is 11.8 Å². The average molecular weight is 1790 g/mol. The number of carbonyl (C=O) groups excluding carboxylic acids is 15. The average Bonchev–Trinajstić information content (AvgIpc) is 1.44. The maximum absolute atomic E-state index is 14.9. The van der Waals surface area contributed by atoms with E-state index in [0.717, 1.165) is 38.9 Å². The van der Waals surface area contributed by atoms with Crippen LogP contribution in [0.25, 0.3) is 0 Å². The van der Waals surface area contributed by atoms with Crippen molar-refractivity contribution >= 4 is 134 Å². The molecule has 4 rings (SSSR count). The third-order valence-electron chi connectivity index (χ3n) is 17.9. The van der Waals surface area contributed by atoms with Crippen LogP contribution in [0.5, 0.6) is 0 Å².